The fourth-order valence-corrected chi connectivity index (χ4v) is 3.42. The zero-order valence-corrected chi connectivity index (χ0v) is 16.3. The molecule has 0 spiro atoms. The molecular weight excluding hydrogens is 362 g/mol. The lowest BCUT2D eigenvalue weighted by atomic mass is 10.0. The minimum Gasteiger partial charge on any atom is -0.341 e. The number of Topliss-reactive ketones (excluding diaryl/α,β-unsaturated/α-hetero) is 1. The van der Waals surface area contributed by atoms with Crippen LogP contribution in [-0.2, 0) is 11.2 Å². The second-order valence-electron chi connectivity index (χ2n) is 7.02. The number of aromatic nitrogens is 1. The molecule has 0 unspecified atom stereocenters. The number of nitrogens with zero attached hydrogens (tertiary/aromatic N) is 2. The van der Waals surface area contributed by atoms with Crippen molar-refractivity contribution in [1.29, 1.82) is 0 Å². The Balaban J connectivity index is 1.94. The molecule has 0 aliphatic carbocycles. The van der Waals surface area contributed by atoms with Gasteiger partial charge in [0.1, 0.15) is 17.3 Å². The summed E-state index contributed by atoms with van der Waals surface area (Å²) in [7, 11) is 0. The molecule has 0 amide bonds. The van der Waals surface area contributed by atoms with Gasteiger partial charge < -0.3 is 5.32 Å². The molecule has 0 bridgehead atoms. The van der Waals surface area contributed by atoms with Crippen LogP contribution in [0.15, 0.2) is 78.6 Å². The lowest BCUT2D eigenvalue weighted by molar-refractivity contribution is -0.114. The number of anilines is 3. The third-order valence-electron chi connectivity index (χ3n) is 4.85. The minimum atomic E-state index is -0.110. The van der Waals surface area contributed by atoms with E-state index in [1.807, 2.05) is 72.5 Å². The molecule has 1 aromatic heterocycles. The number of allylic oxidation sites excluding steroid dienone is 1. The normalized spacial score (nSPS) is 13.4. The maximum atomic E-state index is 12.8. The van der Waals surface area contributed by atoms with E-state index >= 15 is 0 Å². The van der Waals surface area contributed by atoms with Crippen molar-refractivity contribution in [1.82, 2.24) is 4.98 Å². The first-order chi connectivity index (χ1) is 14.0. The summed E-state index contributed by atoms with van der Waals surface area (Å²) in [5.74, 6) is 1.06. The molecule has 5 heteroatoms. The summed E-state index contributed by atoms with van der Waals surface area (Å²) in [6.07, 6.45) is 1.84. The van der Waals surface area contributed by atoms with Crippen LogP contribution < -0.4 is 10.2 Å². The van der Waals surface area contributed by atoms with E-state index in [1.54, 1.807) is 12.1 Å². The second kappa shape index (κ2) is 7.72. The first-order valence-electron chi connectivity index (χ1n) is 9.46. The fraction of sp³-hybridized carbons (Fsp3) is 0.125. The number of pyridine rings is 1. The van der Waals surface area contributed by atoms with Gasteiger partial charge in [0.2, 0.25) is 0 Å². The Bertz CT molecular complexity index is 1110. The zero-order chi connectivity index (χ0) is 20.4. The minimum absolute atomic E-state index is 0.0245. The zero-order valence-electron chi connectivity index (χ0n) is 16.3. The summed E-state index contributed by atoms with van der Waals surface area (Å²) in [6, 6.07) is 21.1. The van der Waals surface area contributed by atoms with Gasteiger partial charge in [-0.15, -0.1) is 0 Å². The number of para-hydroxylation sites is 2. The van der Waals surface area contributed by atoms with Gasteiger partial charge >= 0.3 is 0 Å². The molecule has 2 heterocycles. The number of aryl methyl sites for hydroxylation is 1. The first kappa shape index (κ1) is 18.6. The van der Waals surface area contributed by atoms with Crippen LogP contribution in [0.2, 0.25) is 0 Å². The SMILES string of the molecule is CC(=O)c1cc(C)c2c(n1)N(c1ccccc1)C(Nc1ccccc1)=CC(=O)C2. The molecule has 1 N–H and O–H groups in total. The Morgan fingerprint density at radius 1 is 1.03 bits per heavy atom. The van der Waals surface area contributed by atoms with Crippen molar-refractivity contribution in [3.63, 3.8) is 0 Å². The standard InChI is InChI=1S/C24H21N3O2/c1-16-13-22(17(2)28)26-24-21(16)14-20(29)15-23(25-18-9-5-3-6-10-18)27(24)19-11-7-4-8-12-19/h3-13,15,25H,14H2,1-2H3. The molecule has 0 fully saturated rings. The second-order valence-corrected chi connectivity index (χ2v) is 7.02. The molecule has 0 saturated heterocycles. The Morgan fingerprint density at radius 2 is 1.69 bits per heavy atom. The summed E-state index contributed by atoms with van der Waals surface area (Å²) in [6.45, 7) is 3.42. The molecule has 1 aliphatic rings. The lowest BCUT2D eigenvalue weighted by Crippen LogP contribution is -2.24. The van der Waals surface area contributed by atoms with Crippen molar-refractivity contribution in [3.05, 3.63) is 95.4 Å². The van der Waals surface area contributed by atoms with Crippen LogP contribution in [0.3, 0.4) is 0 Å². The van der Waals surface area contributed by atoms with Gasteiger partial charge in [-0.05, 0) is 42.8 Å². The maximum Gasteiger partial charge on any atom is 0.178 e. The van der Waals surface area contributed by atoms with Crippen molar-refractivity contribution < 1.29 is 9.59 Å². The highest BCUT2D eigenvalue weighted by Gasteiger charge is 2.27. The van der Waals surface area contributed by atoms with Gasteiger partial charge in [0.05, 0.1) is 0 Å². The van der Waals surface area contributed by atoms with Crippen LogP contribution in [0.4, 0.5) is 17.2 Å². The van der Waals surface area contributed by atoms with E-state index in [4.69, 9.17) is 0 Å². The van der Waals surface area contributed by atoms with Gasteiger partial charge in [-0.2, -0.15) is 0 Å². The van der Waals surface area contributed by atoms with E-state index < -0.39 is 0 Å². The van der Waals surface area contributed by atoms with Gasteiger partial charge in [0, 0.05) is 36.4 Å². The summed E-state index contributed by atoms with van der Waals surface area (Å²) in [5, 5.41) is 3.35. The average molecular weight is 383 g/mol. The maximum absolute atomic E-state index is 12.8. The highest BCUT2D eigenvalue weighted by atomic mass is 16.1. The van der Waals surface area contributed by atoms with E-state index in [0.717, 1.165) is 22.5 Å². The quantitative estimate of drug-likeness (QED) is 0.655. The predicted octanol–water partition coefficient (Wildman–Crippen LogP) is 4.81. The number of carbonyl (C=O) groups excluding carboxylic acids is 2. The van der Waals surface area contributed by atoms with Gasteiger partial charge in [-0.3, -0.25) is 14.5 Å². The highest BCUT2D eigenvalue weighted by molar-refractivity contribution is 5.98. The molecule has 5 nitrogen and oxygen atoms in total. The summed E-state index contributed by atoms with van der Waals surface area (Å²) < 4.78 is 0. The van der Waals surface area contributed by atoms with Crippen molar-refractivity contribution in [2.75, 3.05) is 10.2 Å². The smallest absolute Gasteiger partial charge is 0.178 e. The summed E-state index contributed by atoms with van der Waals surface area (Å²) in [4.78, 5) is 31.4. The summed E-state index contributed by atoms with van der Waals surface area (Å²) in [5.41, 5.74) is 3.80. The van der Waals surface area contributed by atoms with E-state index in [0.29, 0.717) is 17.3 Å². The number of ketones is 2. The lowest BCUT2D eigenvalue weighted by Gasteiger charge is -2.28. The Kier molecular flexibility index (Phi) is 4.96. The van der Waals surface area contributed by atoms with Gasteiger partial charge in [0.25, 0.3) is 0 Å². The van der Waals surface area contributed by atoms with Crippen molar-refractivity contribution >= 4 is 28.8 Å². The van der Waals surface area contributed by atoms with Crippen LogP contribution >= 0.6 is 0 Å². The van der Waals surface area contributed by atoms with Crippen LogP contribution in [0.25, 0.3) is 0 Å². The summed E-state index contributed by atoms with van der Waals surface area (Å²) >= 11 is 0. The van der Waals surface area contributed by atoms with Gasteiger partial charge in [-0.1, -0.05) is 36.4 Å². The van der Waals surface area contributed by atoms with E-state index in [-0.39, 0.29) is 18.0 Å². The average Bonchev–Trinajstić information content (AvgIpc) is 2.85. The molecule has 1 aliphatic heterocycles. The number of rotatable bonds is 4. The van der Waals surface area contributed by atoms with Crippen molar-refractivity contribution in [3.8, 4) is 0 Å². The van der Waals surface area contributed by atoms with Gasteiger partial charge in [0.15, 0.2) is 11.6 Å². The van der Waals surface area contributed by atoms with E-state index in [2.05, 4.69) is 10.3 Å². The van der Waals surface area contributed by atoms with Crippen LogP contribution in [-0.4, -0.2) is 16.6 Å². The Hall–Kier alpha value is -3.73. The van der Waals surface area contributed by atoms with Crippen molar-refractivity contribution in [2.45, 2.75) is 20.3 Å². The van der Waals surface area contributed by atoms with E-state index in [9.17, 15) is 9.59 Å². The van der Waals surface area contributed by atoms with Crippen LogP contribution in [0, 0.1) is 6.92 Å². The van der Waals surface area contributed by atoms with Gasteiger partial charge in [-0.25, -0.2) is 4.98 Å². The largest absolute Gasteiger partial charge is 0.341 e. The molecule has 144 valence electrons. The Morgan fingerprint density at radius 3 is 2.34 bits per heavy atom. The fourth-order valence-electron chi connectivity index (χ4n) is 3.42. The molecule has 0 atom stereocenters. The first-order valence-corrected chi connectivity index (χ1v) is 9.46. The molecule has 0 saturated carbocycles. The number of fused-ring (bicyclic) bond motifs is 1. The molecule has 3 aromatic rings. The molecule has 2 aromatic carbocycles. The number of benzene rings is 2. The van der Waals surface area contributed by atoms with E-state index in [1.165, 1.54) is 6.92 Å². The number of carbonyl (C=O) groups is 2. The number of hydrogen-bond donors (Lipinski definition) is 1. The molecule has 0 radical (unpaired) electrons. The van der Waals surface area contributed by atoms with Crippen LogP contribution in [0.5, 0.6) is 0 Å². The topological polar surface area (TPSA) is 62.3 Å². The Labute approximate surface area is 169 Å². The predicted molar refractivity (Wildman–Crippen MR) is 114 cm³/mol. The third kappa shape index (κ3) is 3.80. The van der Waals surface area contributed by atoms with Crippen LogP contribution in [0.1, 0.15) is 28.5 Å². The number of hydrogen-bond acceptors (Lipinski definition) is 5. The number of nitrogens with one attached hydrogen (secondary N) is 1. The molecule has 4 rings (SSSR count). The highest BCUT2D eigenvalue weighted by Crippen LogP contribution is 2.35. The third-order valence-corrected chi connectivity index (χ3v) is 4.85. The monoisotopic (exact) mass is 383 g/mol. The molecule has 29 heavy (non-hydrogen) atoms. The molecular formula is C24H21N3O2. The van der Waals surface area contributed by atoms with Crippen molar-refractivity contribution in [2.24, 2.45) is 0 Å².